The Kier molecular flexibility index (Phi) is 4.40. The second-order valence-electron chi connectivity index (χ2n) is 4.35. The van der Waals surface area contributed by atoms with E-state index in [2.05, 4.69) is 5.10 Å². The maximum Gasteiger partial charge on any atom is 0.214 e. The molecule has 1 aromatic carbocycles. The number of methoxy groups -OCH3 is 2. The fourth-order valence-corrected chi connectivity index (χ4v) is 2.03. The van der Waals surface area contributed by atoms with Gasteiger partial charge in [0, 0.05) is 12.1 Å². The molecule has 106 valence electrons. The first-order valence-electron chi connectivity index (χ1n) is 6.49. The molecule has 0 fully saturated rings. The van der Waals surface area contributed by atoms with Crippen molar-refractivity contribution < 1.29 is 14.3 Å². The number of carbonyl (C=O) groups excluding carboxylic acids is 1. The molecule has 0 aliphatic carbocycles. The molecule has 0 amide bonds. The third-order valence-electron chi connectivity index (χ3n) is 3.01. The van der Waals surface area contributed by atoms with Crippen LogP contribution in [0.2, 0.25) is 0 Å². The van der Waals surface area contributed by atoms with Gasteiger partial charge in [0.05, 0.1) is 20.4 Å². The summed E-state index contributed by atoms with van der Waals surface area (Å²) < 4.78 is 12.1. The predicted molar refractivity (Wildman–Crippen MR) is 75.5 cm³/mol. The van der Waals surface area contributed by atoms with Crippen molar-refractivity contribution in [1.29, 1.82) is 0 Å². The summed E-state index contributed by atoms with van der Waals surface area (Å²) in [5, 5.41) is 4.21. The van der Waals surface area contributed by atoms with Gasteiger partial charge in [-0.1, -0.05) is 19.1 Å². The topological polar surface area (TPSA) is 53.4 Å². The fourth-order valence-electron chi connectivity index (χ4n) is 2.03. The highest BCUT2D eigenvalue weighted by atomic mass is 16.5. The molecule has 0 atom stereocenters. The van der Waals surface area contributed by atoms with E-state index in [4.69, 9.17) is 9.47 Å². The van der Waals surface area contributed by atoms with Crippen LogP contribution in [0.4, 0.5) is 0 Å². The van der Waals surface area contributed by atoms with E-state index in [9.17, 15) is 4.79 Å². The van der Waals surface area contributed by atoms with Gasteiger partial charge >= 0.3 is 0 Å². The van der Waals surface area contributed by atoms with Gasteiger partial charge in [0.2, 0.25) is 5.78 Å². The molecular formula is C15H18N2O3. The van der Waals surface area contributed by atoms with Crippen LogP contribution in [-0.4, -0.2) is 29.8 Å². The summed E-state index contributed by atoms with van der Waals surface area (Å²) in [5.74, 6) is 1.02. The third-order valence-corrected chi connectivity index (χ3v) is 3.01. The Balaban J connectivity index is 2.43. The second-order valence-corrected chi connectivity index (χ2v) is 4.35. The number of nitrogens with zero attached hydrogens (tertiary/aromatic N) is 2. The zero-order valence-electron chi connectivity index (χ0n) is 11.9. The largest absolute Gasteiger partial charge is 0.497 e. The minimum Gasteiger partial charge on any atom is -0.497 e. The first-order chi connectivity index (χ1) is 9.71. The summed E-state index contributed by atoms with van der Waals surface area (Å²) >= 11 is 0. The lowest BCUT2D eigenvalue weighted by Crippen LogP contribution is -2.12. The lowest BCUT2D eigenvalue weighted by Gasteiger charge is -2.08. The molecule has 2 aromatic rings. The van der Waals surface area contributed by atoms with Crippen molar-refractivity contribution in [2.45, 2.75) is 19.9 Å². The van der Waals surface area contributed by atoms with Crippen molar-refractivity contribution in [3.8, 4) is 11.5 Å². The van der Waals surface area contributed by atoms with Gasteiger partial charge in [-0.25, -0.2) is 0 Å². The van der Waals surface area contributed by atoms with E-state index < -0.39 is 0 Å². The van der Waals surface area contributed by atoms with Gasteiger partial charge in [0.25, 0.3) is 0 Å². The van der Waals surface area contributed by atoms with Crippen LogP contribution in [0.3, 0.4) is 0 Å². The van der Waals surface area contributed by atoms with Gasteiger partial charge in [-0.05, 0) is 18.6 Å². The van der Waals surface area contributed by atoms with Crippen molar-refractivity contribution in [3.63, 3.8) is 0 Å². The summed E-state index contributed by atoms with van der Waals surface area (Å²) in [6.07, 6.45) is 2.46. The summed E-state index contributed by atoms with van der Waals surface area (Å²) in [4.78, 5) is 12.7. The maximum absolute atomic E-state index is 12.7. The molecule has 0 saturated heterocycles. The zero-order chi connectivity index (χ0) is 14.5. The molecule has 0 spiro atoms. The number of hydrogen-bond acceptors (Lipinski definition) is 4. The smallest absolute Gasteiger partial charge is 0.214 e. The maximum atomic E-state index is 12.7. The highest BCUT2D eigenvalue weighted by Gasteiger charge is 2.21. The predicted octanol–water partition coefficient (Wildman–Crippen LogP) is 2.54. The Hall–Kier alpha value is -2.30. The number of hydrogen-bond donors (Lipinski definition) is 0. The van der Waals surface area contributed by atoms with E-state index in [0.717, 1.165) is 6.42 Å². The summed E-state index contributed by atoms with van der Waals surface area (Å²) in [5.41, 5.74) is 1.03. The first kappa shape index (κ1) is 14.1. The number of benzene rings is 1. The van der Waals surface area contributed by atoms with Gasteiger partial charge in [0.1, 0.15) is 5.75 Å². The number of ketones is 1. The van der Waals surface area contributed by atoms with Crippen LogP contribution in [0.15, 0.2) is 30.5 Å². The van der Waals surface area contributed by atoms with E-state index in [1.165, 1.54) is 7.11 Å². The van der Waals surface area contributed by atoms with Crippen LogP contribution in [0.5, 0.6) is 11.5 Å². The number of carbonyl (C=O) groups is 1. The number of aryl methyl sites for hydroxylation is 1. The second kappa shape index (κ2) is 6.23. The van der Waals surface area contributed by atoms with Gasteiger partial charge < -0.3 is 9.47 Å². The van der Waals surface area contributed by atoms with E-state index in [0.29, 0.717) is 29.3 Å². The fraction of sp³-hybridized carbons (Fsp3) is 0.333. The van der Waals surface area contributed by atoms with Crippen molar-refractivity contribution in [3.05, 3.63) is 41.7 Å². The third kappa shape index (κ3) is 2.66. The zero-order valence-corrected chi connectivity index (χ0v) is 11.9. The lowest BCUT2D eigenvalue weighted by atomic mass is 10.1. The van der Waals surface area contributed by atoms with Crippen LogP contribution >= 0.6 is 0 Å². The Morgan fingerprint density at radius 2 is 2.10 bits per heavy atom. The van der Waals surface area contributed by atoms with Crippen LogP contribution in [0.1, 0.15) is 29.4 Å². The molecule has 0 radical (unpaired) electrons. The molecule has 5 nitrogen and oxygen atoms in total. The normalized spacial score (nSPS) is 10.3. The van der Waals surface area contributed by atoms with E-state index >= 15 is 0 Å². The number of ether oxygens (including phenoxy) is 2. The average Bonchev–Trinajstić information content (AvgIpc) is 2.89. The van der Waals surface area contributed by atoms with Crippen LogP contribution < -0.4 is 9.47 Å². The first-order valence-corrected chi connectivity index (χ1v) is 6.49. The summed E-state index contributed by atoms with van der Waals surface area (Å²) in [7, 11) is 3.11. The molecule has 0 N–H and O–H groups in total. The van der Waals surface area contributed by atoms with Crippen molar-refractivity contribution in [1.82, 2.24) is 9.78 Å². The summed E-state index contributed by atoms with van der Waals surface area (Å²) in [6.45, 7) is 2.71. The molecule has 0 aliphatic rings. The van der Waals surface area contributed by atoms with Gasteiger partial charge in [-0.15, -0.1) is 0 Å². The summed E-state index contributed by atoms with van der Waals surface area (Å²) in [6, 6.07) is 7.06. The molecule has 20 heavy (non-hydrogen) atoms. The Bertz CT molecular complexity index is 605. The SMILES string of the molecule is CCCn1ncc(OC)c1C(=O)c1cccc(OC)c1. The lowest BCUT2D eigenvalue weighted by molar-refractivity contribution is 0.102. The molecule has 0 aliphatic heterocycles. The van der Waals surface area contributed by atoms with Crippen LogP contribution in [0, 0.1) is 0 Å². The van der Waals surface area contributed by atoms with Crippen molar-refractivity contribution in [2.75, 3.05) is 14.2 Å². The Morgan fingerprint density at radius 1 is 1.30 bits per heavy atom. The standard InChI is InChI=1S/C15H18N2O3/c1-4-8-17-14(13(20-3)10-16-17)15(18)11-6-5-7-12(9-11)19-2/h5-7,9-10H,4,8H2,1-3H3. The van der Waals surface area contributed by atoms with E-state index in [1.807, 2.05) is 6.92 Å². The van der Waals surface area contributed by atoms with Crippen LogP contribution in [-0.2, 0) is 6.54 Å². The minimum absolute atomic E-state index is 0.119. The molecule has 1 aromatic heterocycles. The van der Waals surface area contributed by atoms with Gasteiger partial charge in [-0.2, -0.15) is 5.10 Å². The average molecular weight is 274 g/mol. The Labute approximate surface area is 118 Å². The molecular weight excluding hydrogens is 256 g/mol. The highest BCUT2D eigenvalue weighted by molar-refractivity contribution is 6.09. The van der Waals surface area contributed by atoms with Crippen molar-refractivity contribution >= 4 is 5.78 Å². The molecule has 5 heteroatoms. The highest BCUT2D eigenvalue weighted by Crippen LogP contribution is 2.23. The number of aromatic nitrogens is 2. The quantitative estimate of drug-likeness (QED) is 0.760. The van der Waals surface area contributed by atoms with Crippen molar-refractivity contribution in [2.24, 2.45) is 0 Å². The van der Waals surface area contributed by atoms with Gasteiger partial charge in [0.15, 0.2) is 11.4 Å². The molecule has 2 rings (SSSR count). The number of rotatable bonds is 6. The minimum atomic E-state index is -0.119. The van der Waals surface area contributed by atoms with Crippen LogP contribution in [0.25, 0.3) is 0 Å². The van der Waals surface area contributed by atoms with E-state index in [1.54, 1.807) is 42.3 Å². The Morgan fingerprint density at radius 3 is 2.75 bits per heavy atom. The molecule has 1 heterocycles. The molecule has 0 unspecified atom stereocenters. The van der Waals surface area contributed by atoms with E-state index in [-0.39, 0.29) is 5.78 Å². The van der Waals surface area contributed by atoms with Gasteiger partial charge in [-0.3, -0.25) is 9.48 Å². The molecule has 0 saturated carbocycles. The molecule has 0 bridgehead atoms. The monoisotopic (exact) mass is 274 g/mol.